The van der Waals surface area contributed by atoms with E-state index in [0.717, 1.165) is 12.0 Å². The highest BCUT2D eigenvalue weighted by Crippen LogP contribution is 2.11. The molecule has 0 aliphatic heterocycles. The van der Waals surface area contributed by atoms with Crippen LogP contribution < -0.4 is 5.73 Å². The lowest BCUT2D eigenvalue weighted by Gasteiger charge is -2.09. The van der Waals surface area contributed by atoms with Gasteiger partial charge in [-0.1, -0.05) is 6.07 Å². The van der Waals surface area contributed by atoms with E-state index >= 15 is 0 Å². The number of rotatable bonds is 4. The second kappa shape index (κ2) is 4.85. The Balaban J connectivity index is 2.48. The van der Waals surface area contributed by atoms with Crippen molar-refractivity contribution in [2.75, 3.05) is 13.7 Å². The Morgan fingerprint density at radius 1 is 1.67 bits per heavy atom. The highest BCUT2D eigenvalue weighted by atomic mass is 16.5. The summed E-state index contributed by atoms with van der Waals surface area (Å²) in [5, 5.41) is 0. The molecule has 0 saturated heterocycles. The molecule has 0 spiro atoms. The predicted octanol–water partition coefficient (Wildman–Crippen LogP) is 1.12. The van der Waals surface area contributed by atoms with Gasteiger partial charge in [-0.2, -0.15) is 0 Å². The number of hydrogen-bond donors (Lipinski definition) is 1. The van der Waals surface area contributed by atoms with Crippen LogP contribution in [0, 0.1) is 0 Å². The fourth-order valence-electron chi connectivity index (χ4n) is 1.01. The van der Waals surface area contributed by atoms with Gasteiger partial charge in [-0.05, 0) is 18.1 Å². The first kappa shape index (κ1) is 9.16. The average molecular weight is 166 g/mol. The van der Waals surface area contributed by atoms with Gasteiger partial charge in [-0.25, -0.2) is 0 Å². The van der Waals surface area contributed by atoms with E-state index in [9.17, 15) is 0 Å². The minimum Gasteiger partial charge on any atom is -0.385 e. The van der Waals surface area contributed by atoms with Crippen molar-refractivity contribution in [3.63, 3.8) is 0 Å². The Morgan fingerprint density at radius 2 is 2.50 bits per heavy atom. The third-order valence-electron chi connectivity index (χ3n) is 1.75. The summed E-state index contributed by atoms with van der Waals surface area (Å²) in [4.78, 5) is 3.99. The zero-order valence-corrected chi connectivity index (χ0v) is 7.23. The molecule has 1 aromatic heterocycles. The third kappa shape index (κ3) is 2.60. The van der Waals surface area contributed by atoms with E-state index in [1.165, 1.54) is 0 Å². The van der Waals surface area contributed by atoms with Crippen LogP contribution in [0.1, 0.15) is 18.0 Å². The number of ether oxygens (including phenoxy) is 1. The molecule has 1 atom stereocenters. The zero-order chi connectivity index (χ0) is 8.81. The van der Waals surface area contributed by atoms with E-state index in [1.54, 1.807) is 19.5 Å². The largest absolute Gasteiger partial charge is 0.385 e. The molecule has 2 N–H and O–H groups in total. The number of pyridine rings is 1. The van der Waals surface area contributed by atoms with E-state index < -0.39 is 0 Å². The fourth-order valence-corrected chi connectivity index (χ4v) is 1.01. The molecule has 0 aromatic carbocycles. The van der Waals surface area contributed by atoms with Crippen molar-refractivity contribution in [2.45, 2.75) is 12.5 Å². The van der Waals surface area contributed by atoms with Crippen LogP contribution in [-0.4, -0.2) is 18.7 Å². The molecule has 0 unspecified atom stereocenters. The maximum atomic E-state index is 5.86. The molecule has 1 heterocycles. The van der Waals surface area contributed by atoms with E-state index in [4.69, 9.17) is 10.5 Å². The van der Waals surface area contributed by atoms with E-state index in [1.807, 2.05) is 12.1 Å². The molecule has 0 radical (unpaired) electrons. The van der Waals surface area contributed by atoms with Gasteiger partial charge < -0.3 is 10.5 Å². The average Bonchev–Trinajstić information content (AvgIpc) is 2.15. The van der Waals surface area contributed by atoms with Gasteiger partial charge in [0, 0.05) is 32.2 Å². The highest BCUT2D eigenvalue weighted by Gasteiger charge is 2.03. The van der Waals surface area contributed by atoms with Crippen LogP contribution >= 0.6 is 0 Å². The Kier molecular flexibility index (Phi) is 3.70. The molecule has 1 aromatic rings. The first-order valence-electron chi connectivity index (χ1n) is 3.99. The Labute approximate surface area is 72.6 Å². The topological polar surface area (TPSA) is 48.1 Å². The molecule has 0 aliphatic carbocycles. The summed E-state index contributed by atoms with van der Waals surface area (Å²) in [5.41, 5.74) is 6.93. The van der Waals surface area contributed by atoms with E-state index in [0.29, 0.717) is 6.61 Å². The molecule has 0 fully saturated rings. The molecule has 3 heteroatoms. The number of nitrogens with zero attached hydrogens (tertiary/aromatic N) is 1. The normalized spacial score (nSPS) is 12.8. The summed E-state index contributed by atoms with van der Waals surface area (Å²) in [5.74, 6) is 0. The van der Waals surface area contributed by atoms with Gasteiger partial charge in [0.2, 0.25) is 0 Å². The number of hydrogen-bond acceptors (Lipinski definition) is 3. The summed E-state index contributed by atoms with van der Waals surface area (Å²) in [7, 11) is 1.68. The molecule has 66 valence electrons. The summed E-state index contributed by atoms with van der Waals surface area (Å²) >= 11 is 0. The number of aromatic nitrogens is 1. The van der Waals surface area contributed by atoms with Crippen LogP contribution in [0.3, 0.4) is 0 Å². The summed E-state index contributed by atoms with van der Waals surface area (Å²) in [6.45, 7) is 0.691. The summed E-state index contributed by atoms with van der Waals surface area (Å²) in [6.07, 6.45) is 4.37. The fraction of sp³-hybridized carbons (Fsp3) is 0.444. The molecular formula is C9H14N2O. The summed E-state index contributed by atoms with van der Waals surface area (Å²) in [6, 6.07) is 3.91. The van der Waals surface area contributed by atoms with Crippen LogP contribution in [-0.2, 0) is 4.74 Å². The smallest absolute Gasteiger partial charge is 0.0480 e. The highest BCUT2D eigenvalue weighted by molar-refractivity contribution is 5.12. The third-order valence-corrected chi connectivity index (χ3v) is 1.75. The molecule has 0 aliphatic rings. The Morgan fingerprint density at radius 3 is 3.08 bits per heavy atom. The zero-order valence-electron chi connectivity index (χ0n) is 7.23. The van der Waals surface area contributed by atoms with Gasteiger partial charge in [-0.15, -0.1) is 0 Å². The first-order chi connectivity index (χ1) is 5.84. The monoisotopic (exact) mass is 166 g/mol. The predicted molar refractivity (Wildman–Crippen MR) is 47.7 cm³/mol. The lowest BCUT2D eigenvalue weighted by atomic mass is 10.1. The van der Waals surface area contributed by atoms with Gasteiger partial charge in [0.05, 0.1) is 0 Å². The Bertz CT molecular complexity index is 213. The maximum absolute atomic E-state index is 5.86. The molecule has 3 nitrogen and oxygen atoms in total. The van der Waals surface area contributed by atoms with Crippen molar-refractivity contribution in [1.29, 1.82) is 0 Å². The maximum Gasteiger partial charge on any atom is 0.0480 e. The molecular weight excluding hydrogens is 152 g/mol. The van der Waals surface area contributed by atoms with Gasteiger partial charge in [0.25, 0.3) is 0 Å². The van der Waals surface area contributed by atoms with Crippen molar-refractivity contribution in [2.24, 2.45) is 5.73 Å². The van der Waals surface area contributed by atoms with Gasteiger partial charge in [0.1, 0.15) is 0 Å². The molecule has 12 heavy (non-hydrogen) atoms. The lowest BCUT2D eigenvalue weighted by molar-refractivity contribution is 0.188. The van der Waals surface area contributed by atoms with Crippen LogP contribution in [0.2, 0.25) is 0 Å². The van der Waals surface area contributed by atoms with E-state index in [-0.39, 0.29) is 6.04 Å². The molecule has 0 amide bonds. The van der Waals surface area contributed by atoms with Crippen LogP contribution in [0.25, 0.3) is 0 Å². The lowest BCUT2D eigenvalue weighted by Crippen LogP contribution is -2.12. The van der Waals surface area contributed by atoms with Crippen molar-refractivity contribution < 1.29 is 4.74 Å². The van der Waals surface area contributed by atoms with Crippen molar-refractivity contribution >= 4 is 0 Å². The number of nitrogens with two attached hydrogens (primary N) is 1. The second-order valence-corrected chi connectivity index (χ2v) is 2.67. The van der Waals surface area contributed by atoms with Crippen molar-refractivity contribution in [3.8, 4) is 0 Å². The SMILES string of the molecule is COCC[C@@H](N)c1cccnc1. The van der Waals surface area contributed by atoms with Gasteiger partial charge in [-0.3, -0.25) is 4.98 Å². The van der Waals surface area contributed by atoms with Crippen molar-refractivity contribution in [1.82, 2.24) is 4.98 Å². The quantitative estimate of drug-likeness (QED) is 0.729. The van der Waals surface area contributed by atoms with Crippen molar-refractivity contribution in [3.05, 3.63) is 30.1 Å². The van der Waals surface area contributed by atoms with E-state index in [2.05, 4.69) is 4.98 Å². The molecule has 1 rings (SSSR count). The number of methoxy groups -OCH3 is 1. The minimum absolute atomic E-state index is 0.0404. The Hall–Kier alpha value is -0.930. The molecule has 0 bridgehead atoms. The first-order valence-corrected chi connectivity index (χ1v) is 3.99. The minimum atomic E-state index is 0.0404. The summed E-state index contributed by atoms with van der Waals surface area (Å²) < 4.78 is 4.93. The standard InChI is InChI=1S/C9H14N2O/c1-12-6-4-9(10)8-3-2-5-11-7-8/h2-3,5,7,9H,4,6,10H2,1H3/t9-/m1/s1. The van der Waals surface area contributed by atoms with Crippen LogP contribution in [0.5, 0.6) is 0 Å². The van der Waals surface area contributed by atoms with Crippen LogP contribution in [0.15, 0.2) is 24.5 Å². The van der Waals surface area contributed by atoms with Gasteiger partial charge >= 0.3 is 0 Å². The molecule has 0 saturated carbocycles. The second-order valence-electron chi connectivity index (χ2n) is 2.67. The van der Waals surface area contributed by atoms with Crippen LogP contribution in [0.4, 0.5) is 0 Å². The van der Waals surface area contributed by atoms with Gasteiger partial charge in [0.15, 0.2) is 0 Å².